The Balaban J connectivity index is 1.61. The molecule has 0 bridgehead atoms. The maximum atomic E-state index is 12.4. The van der Waals surface area contributed by atoms with E-state index in [-0.39, 0.29) is 18.7 Å². The van der Waals surface area contributed by atoms with Crippen molar-refractivity contribution < 1.29 is 9.53 Å². The van der Waals surface area contributed by atoms with Gasteiger partial charge < -0.3 is 10.1 Å². The number of benzene rings is 1. The predicted octanol–water partition coefficient (Wildman–Crippen LogP) is 3.76. The number of ether oxygens (including phenoxy) is 1. The largest absolute Gasteiger partial charge is 0.470 e. The van der Waals surface area contributed by atoms with Gasteiger partial charge in [-0.3, -0.25) is 9.48 Å². The first-order chi connectivity index (χ1) is 12.8. The zero-order valence-electron chi connectivity index (χ0n) is 15.1. The molecule has 1 unspecified atom stereocenters. The standard InChI is InChI=1S/C18H19Cl2N5O2/c1-11(14-9-21-24(3)12(14)2)22-18(26)16-6-7-25(23-16)10-27-17-5-4-13(19)8-15(17)20/h4-9,11H,10H2,1-3H3,(H,22,26). The van der Waals surface area contributed by atoms with Crippen LogP contribution in [0.4, 0.5) is 0 Å². The van der Waals surface area contributed by atoms with Crippen molar-refractivity contribution in [3.8, 4) is 5.75 Å². The van der Waals surface area contributed by atoms with Crippen LogP contribution in [-0.2, 0) is 13.8 Å². The number of halogens is 2. The van der Waals surface area contributed by atoms with Gasteiger partial charge in [-0.25, -0.2) is 4.68 Å². The number of nitrogens with one attached hydrogen (secondary N) is 1. The molecule has 142 valence electrons. The van der Waals surface area contributed by atoms with Gasteiger partial charge in [-0.15, -0.1) is 0 Å². The van der Waals surface area contributed by atoms with Gasteiger partial charge in [0.25, 0.3) is 5.91 Å². The summed E-state index contributed by atoms with van der Waals surface area (Å²) in [5.74, 6) is 0.220. The van der Waals surface area contributed by atoms with Gasteiger partial charge in [-0.2, -0.15) is 10.2 Å². The summed E-state index contributed by atoms with van der Waals surface area (Å²) in [6.07, 6.45) is 3.42. The maximum Gasteiger partial charge on any atom is 0.272 e. The number of carbonyl (C=O) groups excluding carboxylic acids is 1. The van der Waals surface area contributed by atoms with Crippen molar-refractivity contribution in [2.75, 3.05) is 0 Å². The van der Waals surface area contributed by atoms with Crippen LogP contribution in [0.15, 0.2) is 36.7 Å². The van der Waals surface area contributed by atoms with E-state index in [9.17, 15) is 4.79 Å². The number of hydrogen-bond donors (Lipinski definition) is 1. The molecule has 27 heavy (non-hydrogen) atoms. The second kappa shape index (κ2) is 8.02. The van der Waals surface area contributed by atoms with Crippen LogP contribution in [0.1, 0.15) is 34.7 Å². The Morgan fingerprint density at radius 2 is 2.11 bits per heavy atom. The smallest absolute Gasteiger partial charge is 0.272 e. The Hall–Kier alpha value is -2.51. The first kappa shape index (κ1) is 19.3. The zero-order chi connectivity index (χ0) is 19.6. The predicted molar refractivity (Wildman–Crippen MR) is 103 cm³/mol. The first-order valence-corrected chi connectivity index (χ1v) is 9.01. The fourth-order valence-electron chi connectivity index (χ4n) is 2.57. The maximum absolute atomic E-state index is 12.4. The molecule has 1 atom stereocenters. The molecule has 0 aliphatic carbocycles. The van der Waals surface area contributed by atoms with Crippen molar-refractivity contribution in [2.24, 2.45) is 7.05 Å². The summed E-state index contributed by atoms with van der Waals surface area (Å²) < 4.78 is 8.89. The lowest BCUT2D eigenvalue weighted by Crippen LogP contribution is -2.27. The van der Waals surface area contributed by atoms with Gasteiger partial charge in [-0.1, -0.05) is 23.2 Å². The zero-order valence-corrected chi connectivity index (χ0v) is 16.6. The monoisotopic (exact) mass is 407 g/mol. The van der Waals surface area contributed by atoms with Gasteiger partial charge in [0.2, 0.25) is 0 Å². The van der Waals surface area contributed by atoms with Crippen molar-refractivity contribution in [3.63, 3.8) is 0 Å². The van der Waals surface area contributed by atoms with Gasteiger partial charge in [0, 0.05) is 29.5 Å². The van der Waals surface area contributed by atoms with E-state index in [0.717, 1.165) is 11.3 Å². The Kier molecular flexibility index (Phi) is 5.72. The quantitative estimate of drug-likeness (QED) is 0.674. The number of carbonyl (C=O) groups is 1. The van der Waals surface area contributed by atoms with Gasteiger partial charge in [0.05, 0.1) is 17.3 Å². The van der Waals surface area contributed by atoms with E-state index in [2.05, 4.69) is 15.5 Å². The van der Waals surface area contributed by atoms with E-state index in [1.807, 2.05) is 20.9 Å². The first-order valence-electron chi connectivity index (χ1n) is 8.26. The summed E-state index contributed by atoms with van der Waals surface area (Å²) in [6, 6.07) is 6.42. The van der Waals surface area contributed by atoms with E-state index in [0.29, 0.717) is 21.5 Å². The Morgan fingerprint density at radius 1 is 1.33 bits per heavy atom. The highest BCUT2D eigenvalue weighted by Gasteiger charge is 2.17. The van der Waals surface area contributed by atoms with Crippen LogP contribution in [0.25, 0.3) is 0 Å². The third kappa shape index (κ3) is 4.43. The number of aryl methyl sites for hydroxylation is 1. The van der Waals surface area contributed by atoms with E-state index in [1.54, 1.807) is 41.3 Å². The summed E-state index contributed by atoms with van der Waals surface area (Å²) in [5.41, 5.74) is 2.27. The SMILES string of the molecule is Cc1c(C(C)NC(=O)c2ccn(COc3ccc(Cl)cc3Cl)n2)cnn1C. The molecule has 0 radical (unpaired) electrons. The van der Waals surface area contributed by atoms with Crippen molar-refractivity contribution >= 4 is 29.1 Å². The van der Waals surface area contributed by atoms with E-state index in [4.69, 9.17) is 27.9 Å². The molecule has 7 nitrogen and oxygen atoms in total. The molecule has 1 aromatic carbocycles. The summed E-state index contributed by atoms with van der Waals surface area (Å²) in [6.45, 7) is 3.98. The van der Waals surface area contributed by atoms with Gasteiger partial charge in [0.1, 0.15) is 11.4 Å². The van der Waals surface area contributed by atoms with Crippen LogP contribution in [0.5, 0.6) is 5.75 Å². The van der Waals surface area contributed by atoms with Crippen LogP contribution in [0.2, 0.25) is 10.0 Å². The highest BCUT2D eigenvalue weighted by molar-refractivity contribution is 6.35. The molecule has 1 N–H and O–H groups in total. The van der Waals surface area contributed by atoms with Crippen LogP contribution in [-0.4, -0.2) is 25.5 Å². The third-order valence-corrected chi connectivity index (χ3v) is 4.74. The lowest BCUT2D eigenvalue weighted by molar-refractivity contribution is 0.0932. The number of aromatic nitrogens is 4. The number of rotatable bonds is 6. The Morgan fingerprint density at radius 3 is 2.78 bits per heavy atom. The fraction of sp³-hybridized carbons (Fsp3) is 0.278. The topological polar surface area (TPSA) is 74.0 Å². The Labute approximate surface area is 166 Å². The molecule has 1 amide bonds. The highest BCUT2D eigenvalue weighted by atomic mass is 35.5. The molecular formula is C18H19Cl2N5O2. The van der Waals surface area contributed by atoms with Crippen molar-refractivity contribution in [1.82, 2.24) is 24.9 Å². The molecule has 0 saturated carbocycles. The second-order valence-corrected chi connectivity index (χ2v) is 6.94. The Bertz CT molecular complexity index is 967. The van der Waals surface area contributed by atoms with Crippen LogP contribution >= 0.6 is 23.2 Å². The van der Waals surface area contributed by atoms with Gasteiger partial charge >= 0.3 is 0 Å². The molecule has 0 spiro atoms. The summed E-state index contributed by atoms with van der Waals surface area (Å²) in [5, 5.41) is 12.3. The van der Waals surface area contributed by atoms with E-state index in [1.165, 1.54) is 4.68 Å². The van der Waals surface area contributed by atoms with Crippen LogP contribution < -0.4 is 10.1 Å². The van der Waals surface area contributed by atoms with Crippen molar-refractivity contribution in [2.45, 2.75) is 26.6 Å². The molecule has 3 rings (SSSR count). The average Bonchev–Trinajstić information content (AvgIpc) is 3.22. The molecule has 0 fully saturated rings. The summed E-state index contributed by atoms with van der Waals surface area (Å²) in [4.78, 5) is 12.4. The van der Waals surface area contributed by atoms with Gasteiger partial charge in [-0.05, 0) is 38.1 Å². The lowest BCUT2D eigenvalue weighted by atomic mass is 10.1. The normalized spacial score (nSPS) is 12.0. The molecule has 3 aromatic rings. The lowest BCUT2D eigenvalue weighted by Gasteiger charge is -2.12. The minimum Gasteiger partial charge on any atom is -0.470 e. The van der Waals surface area contributed by atoms with Crippen molar-refractivity contribution in [1.29, 1.82) is 0 Å². The summed E-state index contributed by atoms with van der Waals surface area (Å²) >= 11 is 11.9. The molecule has 9 heteroatoms. The third-order valence-electron chi connectivity index (χ3n) is 4.21. The number of hydrogen-bond acceptors (Lipinski definition) is 4. The van der Waals surface area contributed by atoms with E-state index >= 15 is 0 Å². The van der Waals surface area contributed by atoms with E-state index < -0.39 is 0 Å². The molecule has 2 aromatic heterocycles. The fourth-order valence-corrected chi connectivity index (χ4v) is 3.03. The minimum absolute atomic E-state index is 0.117. The molecule has 0 aliphatic rings. The van der Waals surface area contributed by atoms with Gasteiger partial charge in [0.15, 0.2) is 6.73 Å². The minimum atomic E-state index is -0.269. The second-order valence-electron chi connectivity index (χ2n) is 6.09. The number of amides is 1. The van der Waals surface area contributed by atoms with Crippen LogP contribution in [0, 0.1) is 6.92 Å². The molecule has 0 saturated heterocycles. The molecule has 0 aliphatic heterocycles. The number of nitrogens with zero attached hydrogens (tertiary/aromatic N) is 4. The van der Waals surface area contributed by atoms with Crippen molar-refractivity contribution in [3.05, 3.63) is 63.7 Å². The highest BCUT2D eigenvalue weighted by Crippen LogP contribution is 2.27. The van der Waals surface area contributed by atoms with Crippen LogP contribution in [0.3, 0.4) is 0 Å². The molecular weight excluding hydrogens is 389 g/mol. The molecule has 2 heterocycles. The average molecular weight is 408 g/mol. The summed E-state index contributed by atoms with van der Waals surface area (Å²) in [7, 11) is 1.86.